The van der Waals surface area contributed by atoms with E-state index in [4.69, 9.17) is 4.74 Å². The van der Waals surface area contributed by atoms with Crippen molar-refractivity contribution in [3.8, 4) is 0 Å². The summed E-state index contributed by atoms with van der Waals surface area (Å²) in [6.45, 7) is 21.0. The SMILES string of the molecule is CO[C@H]1CC[C@@]2(C)[C@H](CC[C@]3(C)[C@@H]2CC=C2[C@@H]4[C@@H](C)[C@H](C)CC[C@]4(C)CC[C@]23C)C1(C)C. The molecular weight excluding hydrogens is 388 g/mol. The van der Waals surface area contributed by atoms with Gasteiger partial charge in [-0.25, -0.2) is 0 Å². The quantitative estimate of drug-likeness (QED) is 0.370. The molecule has 10 atom stereocenters. The highest BCUT2D eigenvalue weighted by Crippen LogP contribution is 2.75. The molecule has 1 nitrogen and oxygen atoms in total. The summed E-state index contributed by atoms with van der Waals surface area (Å²) in [4.78, 5) is 0. The highest BCUT2D eigenvalue weighted by molar-refractivity contribution is 5.33. The van der Waals surface area contributed by atoms with E-state index in [1.165, 1.54) is 57.8 Å². The van der Waals surface area contributed by atoms with Gasteiger partial charge in [-0.15, -0.1) is 0 Å². The van der Waals surface area contributed by atoms with Gasteiger partial charge in [0.05, 0.1) is 6.10 Å². The van der Waals surface area contributed by atoms with E-state index < -0.39 is 0 Å². The van der Waals surface area contributed by atoms with Gasteiger partial charge < -0.3 is 4.74 Å². The smallest absolute Gasteiger partial charge is 0.0625 e. The van der Waals surface area contributed by atoms with E-state index in [0.717, 1.165) is 29.6 Å². The van der Waals surface area contributed by atoms with Crippen LogP contribution < -0.4 is 0 Å². The molecule has 0 bridgehead atoms. The van der Waals surface area contributed by atoms with Crippen molar-refractivity contribution in [1.29, 1.82) is 0 Å². The molecule has 5 aliphatic carbocycles. The molecule has 5 aliphatic rings. The van der Waals surface area contributed by atoms with Crippen LogP contribution in [0.1, 0.15) is 113 Å². The summed E-state index contributed by atoms with van der Waals surface area (Å²) in [5, 5.41) is 0. The van der Waals surface area contributed by atoms with Gasteiger partial charge in [0.2, 0.25) is 0 Å². The van der Waals surface area contributed by atoms with Crippen LogP contribution in [0.5, 0.6) is 0 Å². The van der Waals surface area contributed by atoms with Crippen LogP contribution in [0.3, 0.4) is 0 Å². The molecule has 0 radical (unpaired) electrons. The van der Waals surface area contributed by atoms with Crippen LogP contribution >= 0.6 is 0 Å². The second kappa shape index (κ2) is 7.11. The highest BCUT2D eigenvalue weighted by Gasteiger charge is 2.68. The Kier molecular flexibility index (Phi) is 5.21. The first-order valence-corrected chi connectivity index (χ1v) is 14.1. The van der Waals surface area contributed by atoms with Crippen LogP contribution in [0.2, 0.25) is 0 Å². The van der Waals surface area contributed by atoms with E-state index >= 15 is 0 Å². The fourth-order valence-corrected chi connectivity index (χ4v) is 11.3. The molecule has 0 aliphatic heterocycles. The van der Waals surface area contributed by atoms with E-state index in [-0.39, 0.29) is 5.41 Å². The van der Waals surface area contributed by atoms with Gasteiger partial charge in [0.25, 0.3) is 0 Å². The Morgan fingerprint density at radius 1 is 0.812 bits per heavy atom. The molecule has 32 heavy (non-hydrogen) atoms. The molecule has 0 saturated heterocycles. The molecule has 182 valence electrons. The Labute approximate surface area is 199 Å². The number of rotatable bonds is 1. The van der Waals surface area contributed by atoms with Crippen molar-refractivity contribution in [2.75, 3.05) is 7.11 Å². The van der Waals surface area contributed by atoms with E-state index in [1.807, 2.05) is 12.7 Å². The summed E-state index contributed by atoms with van der Waals surface area (Å²) in [7, 11) is 1.95. The fourth-order valence-electron chi connectivity index (χ4n) is 11.3. The van der Waals surface area contributed by atoms with Crippen molar-refractivity contribution in [2.45, 2.75) is 119 Å². The first-order chi connectivity index (χ1) is 14.8. The zero-order chi connectivity index (χ0) is 23.3. The van der Waals surface area contributed by atoms with Gasteiger partial charge in [0.15, 0.2) is 0 Å². The summed E-state index contributed by atoms with van der Waals surface area (Å²) in [6.07, 6.45) is 15.8. The lowest BCUT2D eigenvalue weighted by molar-refractivity contribution is -0.207. The molecule has 0 spiro atoms. The van der Waals surface area contributed by atoms with Gasteiger partial charge in [-0.2, -0.15) is 0 Å². The summed E-state index contributed by atoms with van der Waals surface area (Å²) in [6, 6.07) is 0. The van der Waals surface area contributed by atoms with E-state index in [1.54, 1.807) is 0 Å². The third-order valence-electron chi connectivity index (χ3n) is 13.6. The minimum atomic E-state index is 0.284. The normalized spacial score (nSPS) is 56.8. The average Bonchev–Trinajstić information content (AvgIpc) is 2.72. The number of ether oxygens (including phenoxy) is 1. The average molecular weight is 441 g/mol. The molecule has 0 amide bonds. The van der Waals surface area contributed by atoms with Crippen LogP contribution in [0.25, 0.3) is 0 Å². The maximum atomic E-state index is 6.05. The second-order valence-electron chi connectivity index (χ2n) is 14.9. The number of fused-ring (bicyclic) bond motifs is 7. The summed E-state index contributed by atoms with van der Waals surface area (Å²) < 4.78 is 6.05. The molecule has 0 aromatic carbocycles. The minimum Gasteiger partial charge on any atom is -0.381 e. The van der Waals surface area contributed by atoms with Crippen LogP contribution in [0.15, 0.2) is 11.6 Å². The molecule has 0 heterocycles. The van der Waals surface area contributed by atoms with Crippen LogP contribution in [-0.4, -0.2) is 13.2 Å². The predicted octanol–water partition coefficient (Wildman–Crippen LogP) is 8.68. The number of hydrogen-bond donors (Lipinski definition) is 0. The van der Waals surface area contributed by atoms with Gasteiger partial charge in [0, 0.05) is 7.11 Å². The molecule has 0 aromatic rings. The zero-order valence-electron chi connectivity index (χ0n) is 22.8. The Bertz CT molecular complexity index is 794. The van der Waals surface area contributed by atoms with Crippen molar-refractivity contribution < 1.29 is 4.74 Å². The van der Waals surface area contributed by atoms with Crippen LogP contribution in [0.4, 0.5) is 0 Å². The van der Waals surface area contributed by atoms with Gasteiger partial charge in [0.1, 0.15) is 0 Å². The van der Waals surface area contributed by atoms with Gasteiger partial charge in [-0.1, -0.05) is 67.0 Å². The third kappa shape index (κ3) is 2.73. The van der Waals surface area contributed by atoms with Gasteiger partial charge in [-0.05, 0) is 114 Å². The van der Waals surface area contributed by atoms with Crippen molar-refractivity contribution in [2.24, 2.45) is 56.7 Å². The molecular formula is C31H52O. The van der Waals surface area contributed by atoms with Crippen LogP contribution in [-0.2, 0) is 4.74 Å². The summed E-state index contributed by atoms with van der Waals surface area (Å²) in [5.41, 5.74) is 4.02. The second-order valence-corrected chi connectivity index (χ2v) is 14.9. The van der Waals surface area contributed by atoms with E-state index in [9.17, 15) is 0 Å². The lowest BCUT2D eigenvalue weighted by Gasteiger charge is -2.71. The van der Waals surface area contributed by atoms with Crippen molar-refractivity contribution in [1.82, 2.24) is 0 Å². The standard InChI is InChI=1S/C31H52O/c1-20-12-15-28(5)18-19-30(7)22(26(28)21(20)2)10-11-24-29(6)16-14-25(32-9)27(3,4)23(29)13-17-31(24,30)8/h10,20-21,23-26H,11-19H2,1-9H3/t20-,21+,23-,24-,25+,26+,28-,29+,30-,31-/m1/s1. The molecule has 5 rings (SSSR count). The molecule has 0 aromatic heterocycles. The molecule has 4 saturated carbocycles. The lowest BCUT2D eigenvalue weighted by Crippen LogP contribution is -2.64. The minimum absolute atomic E-state index is 0.284. The van der Waals surface area contributed by atoms with Crippen molar-refractivity contribution >= 4 is 0 Å². The number of allylic oxidation sites excluding steroid dienone is 2. The maximum absolute atomic E-state index is 6.05. The van der Waals surface area contributed by atoms with Gasteiger partial charge in [-0.3, -0.25) is 0 Å². The molecule has 0 unspecified atom stereocenters. The zero-order valence-corrected chi connectivity index (χ0v) is 22.8. The summed E-state index contributed by atoms with van der Waals surface area (Å²) in [5.74, 6) is 4.13. The highest BCUT2D eigenvalue weighted by atomic mass is 16.5. The monoisotopic (exact) mass is 440 g/mol. The van der Waals surface area contributed by atoms with Gasteiger partial charge >= 0.3 is 0 Å². The Balaban J connectivity index is 1.57. The largest absolute Gasteiger partial charge is 0.381 e. The topological polar surface area (TPSA) is 9.23 Å². The van der Waals surface area contributed by atoms with E-state index in [0.29, 0.717) is 27.8 Å². The third-order valence-corrected chi connectivity index (χ3v) is 13.6. The lowest BCUT2D eigenvalue weighted by atomic mass is 9.33. The molecule has 4 fully saturated rings. The van der Waals surface area contributed by atoms with Crippen molar-refractivity contribution in [3.05, 3.63) is 11.6 Å². The Morgan fingerprint density at radius 2 is 1.53 bits per heavy atom. The molecule has 1 heteroatoms. The Morgan fingerprint density at radius 3 is 2.22 bits per heavy atom. The predicted molar refractivity (Wildman–Crippen MR) is 135 cm³/mol. The van der Waals surface area contributed by atoms with E-state index in [2.05, 4.69) is 61.5 Å². The Hall–Kier alpha value is -0.300. The fraction of sp³-hybridized carbons (Fsp3) is 0.935. The summed E-state index contributed by atoms with van der Waals surface area (Å²) >= 11 is 0. The number of methoxy groups -OCH3 is 1. The first-order valence-electron chi connectivity index (χ1n) is 14.1. The first kappa shape index (κ1) is 23.4. The maximum Gasteiger partial charge on any atom is 0.0625 e. The molecule has 0 N–H and O–H groups in total. The van der Waals surface area contributed by atoms with Crippen LogP contribution in [0, 0.1) is 56.7 Å². The number of hydrogen-bond acceptors (Lipinski definition) is 1. The van der Waals surface area contributed by atoms with Crippen molar-refractivity contribution in [3.63, 3.8) is 0 Å².